The Balaban J connectivity index is 1.69. The smallest absolute Gasteiger partial charge is 0.254 e. The van der Waals surface area contributed by atoms with Gasteiger partial charge in [0.1, 0.15) is 11.6 Å². The molecule has 0 radical (unpaired) electrons. The van der Waals surface area contributed by atoms with Crippen molar-refractivity contribution in [2.75, 3.05) is 11.4 Å². The van der Waals surface area contributed by atoms with Crippen LogP contribution in [0.3, 0.4) is 0 Å². The van der Waals surface area contributed by atoms with E-state index < -0.39 is 17.8 Å². The molecule has 23 heavy (non-hydrogen) atoms. The molecule has 0 aliphatic carbocycles. The van der Waals surface area contributed by atoms with E-state index in [1.54, 1.807) is 6.07 Å². The number of anilines is 1. The van der Waals surface area contributed by atoms with Crippen molar-refractivity contribution in [3.8, 4) is 0 Å². The molecule has 2 aromatic carbocycles. The maximum absolute atomic E-state index is 13.6. The van der Waals surface area contributed by atoms with Gasteiger partial charge in [-0.3, -0.25) is 9.59 Å². The molecule has 0 aromatic heterocycles. The van der Waals surface area contributed by atoms with Crippen molar-refractivity contribution >= 4 is 17.5 Å². The minimum atomic E-state index is -0.607. The number of hydrogen-bond donors (Lipinski definition) is 1. The highest BCUT2D eigenvalue weighted by atomic mass is 19.1. The first-order valence-electron chi connectivity index (χ1n) is 7.16. The van der Waals surface area contributed by atoms with Crippen molar-refractivity contribution < 1.29 is 18.4 Å². The molecule has 0 unspecified atom stereocenters. The fraction of sp³-hybridized carbons (Fsp3) is 0.176. The lowest BCUT2D eigenvalue weighted by molar-refractivity contribution is -0.117. The molecule has 2 aromatic rings. The maximum atomic E-state index is 13.6. The average molecular weight is 316 g/mol. The molecule has 0 spiro atoms. The number of halogens is 2. The normalized spacial score (nSPS) is 17.4. The third-order valence-corrected chi connectivity index (χ3v) is 3.72. The van der Waals surface area contributed by atoms with Gasteiger partial charge in [-0.25, -0.2) is 8.78 Å². The summed E-state index contributed by atoms with van der Waals surface area (Å²) in [5, 5.41) is 2.66. The second kappa shape index (κ2) is 6.16. The number of hydrogen-bond acceptors (Lipinski definition) is 2. The highest BCUT2D eigenvalue weighted by Crippen LogP contribution is 2.22. The van der Waals surface area contributed by atoms with E-state index in [2.05, 4.69) is 5.32 Å². The number of nitrogens with zero attached hydrogens (tertiary/aromatic N) is 1. The molecular weight excluding hydrogens is 302 g/mol. The largest absolute Gasteiger partial charge is 0.347 e. The van der Waals surface area contributed by atoms with Gasteiger partial charge in [0, 0.05) is 18.7 Å². The third kappa shape index (κ3) is 3.21. The molecule has 0 saturated carbocycles. The van der Waals surface area contributed by atoms with Crippen LogP contribution in [0.2, 0.25) is 0 Å². The van der Waals surface area contributed by atoms with Gasteiger partial charge in [-0.05, 0) is 36.4 Å². The summed E-state index contributed by atoms with van der Waals surface area (Å²) in [5.74, 6) is -1.72. The fourth-order valence-corrected chi connectivity index (χ4v) is 2.58. The van der Waals surface area contributed by atoms with Crippen molar-refractivity contribution in [2.24, 2.45) is 0 Å². The number of carbonyl (C=O) groups is 2. The Morgan fingerprint density at radius 1 is 1.09 bits per heavy atom. The number of benzene rings is 2. The van der Waals surface area contributed by atoms with Crippen LogP contribution in [-0.2, 0) is 4.79 Å². The Kier molecular flexibility index (Phi) is 4.06. The van der Waals surface area contributed by atoms with Crippen LogP contribution < -0.4 is 10.2 Å². The van der Waals surface area contributed by atoms with Crippen LogP contribution in [-0.4, -0.2) is 24.4 Å². The number of nitrogens with one attached hydrogen (secondary N) is 1. The highest BCUT2D eigenvalue weighted by Gasteiger charge is 2.32. The van der Waals surface area contributed by atoms with E-state index in [0.29, 0.717) is 5.69 Å². The van der Waals surface area contributed by atoms with Gasteiger partial charge in [-0.1, -0.05) is 12.1 Å². The summed E-state index contributed by atoms with van der Waals surface area (Å²) in [6.45, 7) is 0.269. The molecule has 1 atom stereocenters. The Labute approximate surface area is 131 Å². The van der Waals surface area contributed by atoms with Gasteiger partial charge in [-0.2, -0.15) is 0 Å². The predicted octanol–water partition coefficient (Wildman–Crippen LogP) is 2.50. The van der Waals surface area contributed by atoms with Crippen LogP contribution in [0, 0.1) is 11.6 Å². The zero-order chi connectivity index (χ0) is 16.4. The second-order valence-electron chi connectivity index (χ2n) is 5.34. The molecule has 118 valence electrons. The summed E-state index contributed by atoms with van der Waals surface area (Å²) in [7, 11) is 0. The molecule has 4 nitrogen and oxygen atoms in total. The van der Waals surface area contributed by atoms with Crippen LogP contribution in [0.4, 0.5) is 14.5 Å². The van der Waals surface area contributed by atoms with Gasteiger partial charge < -0.3 is 10.2 Å². The maximum Gasteiger partial charge on any atom is 0.254 e. The third-order valence-electron chi connectivity index (χ3n) is 3.72. The zero-order valence-corrected chi connectivity index (χ0v) is 12.1. The molecule has 0 bridgehead atoms. The van der Waals surface area contributed by atoms with Gasteiger partial charge in [0.05, 0.1) is 11.6 Å². The second-order valence-corrected chi connectivity index (χ2v) is 5.34. The molecule has 2 amide bonds. The Morgan fingerprint density at radius 2 is 1.78 bits per heavy atom. The first-order valence-corrected chi connectivity index (χ1v) is 7.16. The first-order chi connectivity index (χ1) is 11.0. The molecule has 3 rings (SSSR count). The van der Waals surface area contributed by atoms with Crippen LogP contribution in [0.15, 0.2) is 48.5 Å². The SMILES string of the molecule is O=C(N[C@@H]1CC(=O)N(c2ccc(F)cc2)C1)c1ccccc1F. The van der Waals surface area contributed by atoms with E-state index in [9.17, 15) is 18.4 Å². The highest BCUT2D eigenvalue weighted by molar-refractivity contribution is 5.99. The lowest BCUT2D eigenvalue weighted by atomic mass is 10.1. The van der Waals surface area contributed by atoms with Crippen molar-refractivity contribution in [3.05, 3.63) is 65.7 Å². The Bertz CT molecular complexity index is 747. The lowest BCUT2D eigenvalue weighted by Crippen LogP contribution is -2.37. The van der Waals surface area contributed by atoms with E-state index >= 15 is 0 Å². The predicted molar refractivity (Wildman–Crippen MR) is 81.0 cm³/mol. The molecule has 1 N–H and O–H groups in total. The van der Waals surface area contributed by atoms with Gasteiger partial charge in [0.25, 0.3) is 5.91 Å². The molecule has 1 aliphatic rings. The molecule has 1 aliphatic heterocycles. The van der Waals surface area contributed by atoms with E-state index in [4.69, 9.17) is 0 Å². The number of rotatable bonds is 3. The molecule has 6 heteroatoms. The van der Waals surface area contributed by atoms with Crippen LogP contribution in [0.25, 0.3) is 0 Å². The quantitative estimate of drug-likeness (QED) is 0.946. The monoisotopic (exact) mass is 316 g/mol. The van der Waals surface area contributed by atoms with Gasteiger partial charge in [0.2, 0.25) is 5.91 Å². The Morgan fingerprint density at radius 3 is 2.48 bits per heavy atom. The molecule has 1 heterocycles. The van der Waals surface area contributed by atoms with Gasteiger partial charge in [-0.15, -0.1) is 0 Å². The zero-order valence-electron chi connectivity index (χ0n) is 12.1. The summed E-state index contributed by atoms with van der Waals surface area (Å²) in [6, 6.07) is 10.8. The average Bonchev–Trinajstić information content (AvgIpc) is 2.89. The topological polar surface area (TPSA) is 49.4 Å². The van der Waals surface area contributed by atoms with Crippen LogP contribution >= 0.6 is 0 Å². The van der Waals surface area contributed by atoms with Crippen LogP contribution in [0.5, 0.6) is 0 Å². The summed E-state index contributed by atoms with van der Waals surface area (Å²) >= 11 is 0. The number of carbonyl (C=O) groups excluding carboxylic acids is 2. The minimum absolute atomic E-state index is 0.0554. The fourth-order valence-electron chi connectivity index (χ4n) is 2.58. The summed E-state index contributed by atoms with van der Waals surface area (Å²) in [6.07, 6.45) is 0.123. The minimum Gasteiger partial charge on any atom is -0.347 e. The summed E-state index contributed by atoms with van der Waals surface area (Å²) in [5.41, 5.74) is 0.513. The van der Waals surface area contributed by atoms with E-state index in [-0.39, 0.29) is 30.3 Å². The van der Waals surface area contributed by atoms with E-state index in [0.717, 1.165) is 0 Å². The van der Waals surface area contributed by atoms with E-state index in [1.165, 1.54) is 47.4 Å². The summed E-state index contributed by atoms with van der Waals surface area (Å²) in [4.78, 5) is 25.6. The molecular formula is C17H14F2N2O2. The molecule has 1 fully saturated rings. The lowest BCUT2D eigenvalue weighted by Gasteiger charge is -2.17. The standard InChI is InChI=1S/C17H14F2N2O2/c18-11-5-7-13(8-6-11)21-10-12(9-16(21)22)20-17(23)14-3-1-2-4-15(14)19/h1-8,12H,9-10H2,(H,20,23)/t12-/m1/s1. The molecule has 1 saturated heterocycles. The van der Waals surface area contributed by atoms with Crippen molar-refractivity contribution in [1.82, 2.24) is 5.32 Å². The van der Waals surface area contributed by atoms with Crippen molar-refractivity contribution in [3.63, 3.8) is 0 Å². The Hall–Kier alpha value is -2.76. The van der Waals surface area contributed by atoms with Crippen molar-refractivity contribution in [2.45, 2.75) is 12.5 Å². The van der Waals surface area contributed by atoms with E-state index in [1.807, 2.05) is 0 Å². The van der Waals surface area contributed by atoms with Gasteiger partial charge >= 0.3 is 0 Å². The number of amides is 2. The summed E-state index contributed by atoms with van der Waals surface area (Å²) < 4.78 is 26.5. The van der Waals surface area contributed by atoms with Crippen LogP contribution in [0.1, 0.15) is 16.8 Å². The van der Waals surface area contributed by atoms with Gasteiger partial charge in [0.15, 0.2) is 0 Å². The first kappa shape index (κ1) is 15.1. The van der Waals surface area contributed by atoms with Crippen molar-refractivity contribution in [1.29, 1.82) is 0 Å².